The second-order valence-electron chi connectivity index (χ2n) is 9.63. The van der Waals surface area contributed by atoms with E-state index in [1.165, 1.54) is 0 Å². The maximum atomic E-state index is 9.69. The van der Waals surface area contributed by atoms with Crippen molar-refractivity contribution in [2.24, 2.45) is 0 Å². The highest BCUT2D eigenvalue weighted by molar-refractivity contribution is 5.00. The third-order valence-electron chi connectivity index (χ3n) is 5.93. The van der Waals surface area contributed by atoms with Crippen LogP contribution in [0.1, 0.15) is 48.0 Å². The smallest absolute Gasteiger partial charge is 0.163 e. The first kappa shape index (κ1) is 29.6. The number of aliphatic hydroxyl groups is 3. The molecule has 5 aliphatic rings. The van der Waals surface area contributed by atoms with Gasteiger partial charge in [0.25, 0.3) is 0 Å². The van der Waals surface area contributed by atoms with Crippen molar-refractivity contribution in [3.63, 3.8) is 0 Å². The molecule has 0 saturated carbocycles. The third kappa shape index (κ3) is 8.48. The lowest BCUT2D eigenvalue weighted by atomic mass is 9.99. The van der Waals surface area contributed by atoms with Gasteiger partial charge in [-0.25, -0.2) is 0 Å². The molecule has 0 aliphatic carbocycles. The van der Waals surface area contributed by atoms with Crippen molar-refractivity contribution in [3.8, 4) is 0 Å². The number of fused-ring (bicyclic) bond motifs is 2. The van der Waals surface area contributed by atoms with E-state index in [0.29, 0.717) is 19.8 Å². The van der Waals surface area contributed by atoms with Crippen LogP contribution in [0.15, 0.2) is 12.2 Å². The van der Waals surface area contributed by atoms with E-state index in [1.807, 2.05) is 19.9 Å². The predicted molar refractivity (Wildman–Crippen MR) is 123 cm³/mol. The van der Waals surface area contributed by atoms with E-state index in [0.717, 1.165) is 19.4 Å². The summed E-state index contributed by atoms with van der Waals surface area (Å²) in [5, 5.41) is 27.5. The third-order valence-corrected chi connectivity index (χ3v) is 5.93. The van der Waals surface area contributed by atoms with Crippen molar-refractivity contribution >= 4 is 0 Å². The minimum absolute atomic E-state index is 0. The molecular formula is C24H44O10. The molecule has 10 nitrogen and oxygen atoms in total. The van der Waals surface area contributed by atoms with E-state index in [-0.39, 0.29) is 45.1 Å². The fraction of sp³-hybridized carbons (Fsp3) is 0.917. The SMILES string of the molecule is C.CC1(C)OC[C@H]2OCC=C[C@H]2O1.CC1(C)OC[C@H]2OC[C@H](O)[C@H](O)[C@H]2O1.OCC1CCCO1. The zero-order valence-corrected chi connectivity index (χ0v) is 20.1. The van der Waals surface area contributed by atoms with Gasteiger partial charge in [-0.2, -0.15) is 0 Å². The molecule has 1 unspecified atom stereocenters. The largest absolute Gasteiger partial charge is 0.394 e. The highest BCUT2D eigenvalue weighted by Crippen LogP contribution is 2.30. The van der Waals surface area contributed by atoms with Crippen LogP contribution in [0.5, 0.6) is 0 Å². The average molecular weight is 493 g/mol. The van der Waals surface area contributed by atoms with Crippen LogP contribution >= 0.6 is 0 Å². The van der Waals surface area contributed by atoms with Crippen LogP contribution in [0, 0.1) is 0 Å². The summed E-state index contributed by atoms with van der Waals surface area (Å²) >= 11 is 0. The van der Waals surface area contributed by atoms with Gasteiger partial charge >= 0.3 is 0 Å². The number of ether oxygens (including phenoxy) is 7. The number of hydrogen-bond acceptors (Lipinski definition) is 10. The summed E-state index contributed by atoms with van der Waals surface area (Å²) in [7, 11) is 0. The summed E-state index contributed by atoms with van der Waals surface area (Å²) < 4.78 is 37.8. The quantitative estimate of drug-likeness (QED) is 0.459. The summed E-state index contributed by atoms with van der Waals surface area (Å²) in [6.07, 6.45) is 3.97. The molecular weight excluding hydrogens is 448 g/mol. The number of rotatable bonds is 1. The fourth-order valence-electron chi connectivity index (χ4n) is 4.07. The van der Waals surface area contributed by atoms with Crippen LogP contribution in [-0.2, 0) is 33.2 Å². The molecule has 200 valence electrons. The summed E-state index contributed by atoms with van der Waals surface area (Å²) in [5.74, 6) is -1.19. The van der Waals surface area contributed by atoms with Crippen LogP contribution in [0.3, 0.4) is 0 Å². The molecule has 4 fully saturated rings. The minimum Gasteiger partial charge on any atom is -0.394 e. The monoisotopic (exact) mass is 492 g/mol. The first-order valence-corrected chi connectivity index (χ1v) is 11.7. The average Bonchev–Trinajstić information content (AvgIpc) is 3.31. The van der Waals surface area contributed by atoms with Crippen molar-refractivity contribution in [3.05, 3.63) is 12.2 Å². The fourth-order valence-corrected chi connectivity index (χ4v) is 4.07. The molecule has 0 aromatic rings. The molecule has 0 radical (unpaired) electrons. The molecule has 34 heavy (non-hydrogen) atoms. The molecule has 0 amide bonds. The van der Waals surface area contributed by atoms with E-state index in [9.17, 15) is 10.2 Å². The van der Waals surface area contributed by atoms with Crippen molar-refractivity contribution in [1.29, 1.82) is 0 Å². The van der Waals surface area contributed by atoms with Gasteiger partial charge in [-0.1, -0.05) is 19.6 Å². The van der Waals surface area contributed by atoms with Crippen LogP contribution < -0.4 is 0 Å². The van der Waals surface area contributed by atoms with Gasteiger partial charge in [-0.15, -0.1) is 0 Å². The number of aliphatic hydroxyl groups excluding tert-OH is 3. The highest BCUT2D eigenvalue weighted by Gasteiger charge is 2.46. The Morgan fingerprint density at radius 1 is 0.882 bits per heavy atom. The van der Waals surface area contributed by atoms with Gasteiger partial charge in [0.15, 0.2) is 11.6 Å². The Morgan fingerprint density at radius 2 is 1.56 bits per heavy atom. The highest BCUT2D eigenvalue weighted by atomic mass is 16.7. The summed E-state index contributed by atoms with van der Waals surface area (Å²) in [6, 6.07) is 0. The molecule has 5 heterocycles. The first-order chi connectivity index (χ1) is 15.6. The Hall–Kier alpha value is -0.660. The Balaban J connectivity index is 0.000000187. The number of hydrogen-bond donors (Lipinski definition) is 3. The second-order valence-corrected chi connectivity index (χ2v) is 9.63. The standard InChI is InChI=1S/C9H16O5.C9H14O3.C5H10O2.CH4/c1-9(2)13-4-6-8(14-9)7(11)5(10)3-12-6;1-9(2)11-6-8-7(12-9)4-3-5-10-8;6-4-5-2-1-3-7-5;/h5-8,10-11H,3-4H2,1-2H3;3-4,7-8H,5-6H2,1-2H3;5-6H,1-4H2;1H4/t5-,6+,7-,8-;7-,8-;;/m01../s1. The van der Waals surface area contributed by atoms with Crippen molar-refractivity contribution in [2.45, 2.75) is 102 Å². The normalized spacial score (nSPS) is 39.7. The topological polar surface area (TPSA) is 125 Å². The Morgan fingerprint density at radius 3 is 2.18 bits per heavy atom. The van der Waals surface area contributed by atoms with E-state index in [4.69, 9.17) is 38.3 Å². The van der Waals surface area contributed by atoms with E-state index in [1.54, 1.807) is 13.8 Å². The second kappa shape index (κ2) is 13.0. The molecule has 0 bridgehead atoms. The van der Waals surface area contributed by atoms with Crippen LogP contribution in [0.2, 0.25) is 0 Å². The van der Waals surface area contributed by atoms with Crippen molar-refractivity contribution in [1.82, 2.24) is 0 Å². The lowest BCUT2D eigenvalue weighted by Crippen LogP contribution is -2.61. The van der Waals surface area contributed by atoms with Crippen LogP contribution in [-0.4, -0.2) is 109 Å². The van der Waals surface area contributed by atoms with E-state index in [2.05, 4.69) is 6.08 Å². The molecule has 0 aromatic heterocycles. The van der Waals surface area contributed by atoms with Crippen LogP contribution in [0.4, 0.5) is 0 Å². The van der Waals surface area contributed by atoms with Gasteiger partial charge in [0, 0.05) is 6.61 Å². The Labute approximate surface area is 203 Å². The van der Waals surface area contributed by atoms with Gasteiger partial charge in [0.05, 0.1) is 39.1 Å². The first-order valence-electron chi connectivity index (χ1n) is 11.7. The maximum Gasteiger partial charge on any atom is 0.163 e. The maximum absolute atomic E-state index is 9.69. The minimum atomic E-state index is -0.892. The van der Waals surface area contributed by atoms with Crippen LogP contribution in [0.25, 0.3) is 0 Å². The molecule has 0 spiro atoms. The van der Waals surface area contributed by atoms with Gasteiger partial charge < -0.3 is 48.5 Å². The summed E-state index contributed by atoms with van der Waals surface area (Å²) in [5.41, 5.74) is 0. The predicted octanol–water partition coefficient (Wildman–Crippen LogP) is 1.15. The molecule has 5 rings (SSSR count). The summed E-state index contributed by atoms with van der Waals surface area (Å²) in [4.78, 5) is 0. The van der Waals surface area contributed by atoms with Gasteiger partial charge in [0.1, 0.15) is 36.6 Å². The summed E-state index contributed by atoms with van der Waals surface area (Å²) in [6.45, 7) is 10.3. The molecule has 5 aliphatic heterocycles. The Kier molecular flexibility index (Phi) is 11.3. The lowest BCUT2D eigenvalue weighted by molar-refractivity contribution is -0.346. The van der Waals surface area contributed by atoms with Crippen molar-refractivity contribution < 1.29 is 48.5 Å². The van der Waals surface area contributed by atoms with Gasteiger partial charge in [0.2, 0.25) is 0 Å². The lowest BCUT2D eigenvalue weighted by Gasteiger charge is -2.46. The molecule has 10 heteroatoms. The van der Waals surface area contributed by atoms with Crippen molar-refractivity contribution in [2.75, 3.05) is 39.6 Å². The van der Waals surface area contributed by atoms with Gasteiger partial charge in [-0.3, -0.25) is 0 Å². The molecule has 7 atom stereocenters. The van der Waals surface area contributed by atoms with E-state index >= 15 is 0 Å². The Bertz CT molecular complexity index is 617. The van der Waals surface area contributed by atoms with E-state index < -0.39 is 29.9 Å². The van der Waals surface area contributed by atoms with Gasteiger partial charge in [-0.05, 0) is 40.5 Å². The zero-order valence-electron chi connectivity index (χ0n) is 20.1. The zero-order chi connectivity index (χ0) is 24.1. The molecule has 0 aromatic carbocycles. The molecule has 4 saturated heterocycles. The molecule has 3 N–H and O–H groups in total.